The molecule has 4 heteroatoms. The maximum atomic E-state index is 11.8. The van der Waals surface area contributed by atoms with Crippen LogP contribution < -0.4 is 5.69 Å². The van der Waals surface area contributed by atoms with Gasteiger partial charge in [-0.3, -0.25) is 4.57 Å². The van der Waals surface area contributed by atoms with Gasteiger partial charge in [0, 0.05) is 19.4 Å². The first-order valence-electron chi connectivity index (χ1n) is 5.47. The van der Waals surface area contributed by atoms with Gasteiger partial charge in [-0.2, -0.15) is 0 Å². The van der Waals surface area contributed by atoms with Crippen molar-refractivity contribution >= 4 is 0 Å². The minimum atomic E-state index is -0.908. The fourth-order valence-corrected chi connectivity index (χ4v) is 1.70. The first-order valence-corrected chi connectivity index (χ1v) is 5.47. The topological polar surface area (TPSA) is 47.2 Å². The lowest BCUT2D eigenvalue weighted by molar-refractivity contribution is 0.0786. The molecule has 2 aromatic rings. The van der Waals surface area contributed by atoms with Crippen molar-refractivity contribution in [2.75, 3.05) is 0 Å². The van der Waals surface area contributed by atoms with Crippen molar-refractivity contribution in [3.05, 3.63) is 52.7 Å². The molecule has 0 aliphatic heterocycles. The van der Waals surface area contributed by atoms with Gasteiger partial charge in [-0.05, 0) is 31.5 Å². The van der Waals surface area contributed by atoms with E-state index in [0.29, 0.717) is 0 Å². The van der Waals surface area contributed by atoms with Gasteiger partial charge in [0.25, 0.3) is 0 Å². The molecule has 0 aliphatic rings. The van der Waals surface area contributed by atoms with Crippen molar-refractivity contribution in [1.29, 1.82) is 0 Å². The molecule has 1 heterocycles. The second-order valence-electron chi connectivity index (χ2n) is 4.67. The zero-order chi connectivity index (χ0) is 12.6. The SMILES string of the molecule is Cn1ccn(-c2cccc(C(C)(C)O)c2)c1=O. The molecule has 0 radical (unpaired) electrons. The largest absolute Gasteiger partial charge is 0.386 e. The number of aryl methyl sites for hydroxylation is 1. The molecule has 0 bridgehead atoms. The smallest absolute Gasteiger partial charge is 0.332 e. The number of nitrogens with zero attached hydrogens (tertiary/aromatic N) is 2. The molecule has 0 saturated heterocycles. The first kappa shape index (κ1) is 11.7. The summed E-state index contributed by atoms with van der Waals surface area (Å²) in [5, 5.41) is 9.94. The standard InChI is InChI=1S/C13H16N2O2/c1-13(2,17)10-5-4-6-11(9-10)15-8-7-14(3)12(15)16/h4-9,17H,1-3H3. The van der Waals surface area contributed by atoms with Crippen molar-refractivity contribution in [1.82, 2.24) is 9.13 Å². The van der Waals surface area contributed by atoms with Crippen LogP contribution in [0.4, 0.5) is 0 Å². The highest BCUT2D eigenvalue weighted by atomic mass is 16.3. The molecular weight excluding hydrogens is 216 g/mol. The van der Waals surface area contributed by atoms with E-state index in [1.54, 1.807) is 37.9 Å². The highest BCUT2D eigenvalue weighted by Crippen LogP contribution is 2.21. The Kier molecular flexibility index (Phi) is 2.67. The molecule has 0 spiro atoms. The Morgan fingerprint density at radius 1 is 1.24 bits per heavy atom. The highest BCUT2D eigenvalue weighted by Gasteiger charge is 2.16. The van der Waals surface area contributed by atoms with Gasteiger partial charge in [-0.25, -0.2) is 4.79 Å². The lowest BCUT2D eigenvalue weighted by Crippen LogP contribution is -2.21. The van der Waals surface area contributed by atoms with Gasteiger partial charge in [-0.15, -0.1) is 0 Å². The molecule has 90 valence electrons. The van der Waals surface area contributed by atoms with Crippen LogP contribution in [0.1, 0.15) is 19.4 Å². The van der Waals surface area contributed by atoms with E-state index in [9.17, 15) is 9.90 Å². The van der Waals surface area contributed by atoms with Gasteiger partial charge < -0.3 is 9.67 Å². The third-order valence-electron chi connectivity index (χ3n) is 2.78. The summed E-state index contributed by atoms with van der Waals surface area (Å²) >= 11 is 0. The van der Waals surface area contributed by atoms with Gasteiger partial charge in [0.15, 0.2) is 0 Å². The normalized spacial score (nSPS) is 11.8. The summed E-state index contributed by atoms with van der Waals surface area (Å²) < 4.78 is 3.06. The van der Waals surface area contributed by atoms with Crippen LogP contribution in [-0.4, -0.2) is 14.2 Å². The van der Waals surface area contributed by atoms with E-state index in [-0.39, 0.29) is 5.69 Å². The third-order valence-corrected chi connectivity index (χ3v) is 2.78. The number of benzene rings is 1. The Bertz CT molecular complexity index is 588. The van der Waals surface area contributed by atoms with Crippen molar-refractivity contribution in [2.45, 2.75) is 19.4 Å². The van der Waals surface area contributed by atoms with Gasteiger partial charge in [0.2, 0.25) is 0 Å². The number of imidazole rings is 1. The molecule has 17 heavy (non-hydrogen) atoms. The van der Waals surface area contributed by atoms with Crippen LogP contribution in [0.3, 0.4) is 0 Å². The molecule has 2 rings (SSSR count). The molecule has 0 aliphatic carbocycles. The van der Waals surface area contributed by atoms with Crippen LogP contribution in [0.2, 0.25) is 0 Å². The number of aliphatic hydroxyl groups is 1. The van der Waals surface area contributed by atoms with E-state index in [0.717, 1.165) is 11.3 Å². The zero-order valence-corrected chi connectivity index (χ0v) is 10.2. The molecule has 0 unspecified atom stereocenters. The summed E-state index contributed by atoms with van der Waals surface area (Å²) in [6.45, 7) is 3.44. The fourth-order valence-electron chi connectivity index (χ4n) is 1.70. The molecule has 1 aromatic heterocycles. The highest BCUT2D eigenvalue weighted by molar-refractivity contribution is 5.37. The summed E-state index contributed by atoms with van der Waals surface area (Å²) in [6, 6.07) is 7.34. The van der Waals surface area contributed by atoms with E-state index in [1.165, 1.54) is 4.57 Å². The maximum absolute atomic E-state index is 11.8. The van der Waals surface area contributed by atoms with Crippen LogP contribution >= 0.6 is 0 Å². The average Bonchev–Trinajstić information content (AvgIpc) is 2.59. The number of aromatic nitrogens is 2. The maximum Gasteiger partial charge on any atom is 0.332 e. The van der Waals surface area contributed by atoms with Gasteiger partial charge >= 0.3 is 5.69 Å². The van der Waals surface area contributed by atoms with E-state index in [2.05, 4.69) is 0 Å². The predicted octanol–water partition coefficient (Wildman–Crippen LogP) is 1.40. The van der Waals surface area contributed by atoms with Crippen LogP contribution in [-0.2, 0) is 12.6 Å². The fraction of sp³-hybridized carbons (Fsp3) is 0.308. The zero-order valence-electron chi connectivity index (χ0n) is 10.2. The molecule has 4 nitrogen and oxygen atoms in total. The van der Waals surface area contributed by atoms with Crippen molar-refractivity contribution in [2.24, 2.45) is 7.05 Å². The number of hydrogen-bond donors (Lipinski definition) is 1. The Balaban J connectivity index is 2.55. The van der Waals surface area contributed by atoms with Crippen molar-refractivity contribution < 1.29 is 5.11 Å². The third kappa shape index (κ3) is 2.17. The van der Waals surface area contributed by atoms with Crippen LogP contribution in [0.5, 0.6) is 0 Å². The van der Waals surface area contributed by atoms with Crippen molar-refractivity contribution in [3.63, 3.8) is 0 Å². The van der Waals surface area contributed by atoms with Crippen LogP contribution in [0, 0.1) is 0 Å². The van der Waals surface area contributed by atoms with E-state index >= 15 is 0 Å². The molecular formula is C13H16N2O2. The Morgan fingerprint density at radius 3 is 2.47 bits per heavy atom. The van der Waals surface area contributed by atoms with Gasteiger partial charge in [0.05, 0.1) is 11.3 Å². The quantitative estimate of drug-likeness (QED) is 0.850. The summed E-state index contributed by atoms with van der Waals surface area (Å²) in [5.41, 5.74) is 0.535. The van der Waals surface area contributed by atoms with Crippen LogP contribution in [0.25, 0.3) is 5.69 Å². The van der Waals surface area contributed by atoms with Crippen LogP contribution in [0.15, 0.2) is 41.5 Å². The molecule has 1 aromatic carbocycles. The van der Waals surface area contributed by atoms with E-state index < -0.39 is 5.60 Å². The Hall–Kier alpha value is -1.81. The summed E-state index contributed by atoms with van der Waals surface area (Å²) in [4.78, 5) is 11.8. The number of rotatable bonds is 2. The number of hydrogen-bond acceptors (Lipinski definition) is 2. The minimum Gasteiger partial charge on any atom is -0.386 e. The summed E-state index contributed by atoms with van der Waals surface area (Å²) in [7, 11) is 1.71. The molecule has 0 fully saturated rings. The predicted molar refractivity (Wildman–Crippen MR) is 66.3 cm³/mol. The molecule has 1 N–H and O–H groups in total. The van der Waals surface area contributed by atoms with Crippen molar-refractivity contribution in [3.8, 4) is 5.69 Å². The van der Waals surface area contributed by atoms with Gasteiger partial charge in [0.1, 0.15) is 0 Å². The lowest BCUT2D eigenvalue weighted by Gasteiger charge is -2.18. The molecule has 0 atom stereocenters. The monoisotopic (exact) mass is 232 g/mol. The summed E-state index contributed by atoms with van der Waals surface area (Å²) in [5.74, 6) is 0. The van der Waals surface area contributed by atoms with Gasteiger partial charge in [-0.1, -0.05) is 12.1 Å². The average molecular weight is 232 g/mol. The second-order valence-corrected chi connectivity index (χ2v) is 4.67. The molecule has 0 amide bonds. The lowest BCUT2D eigenvalue weighted by atomic mass is 9.98. The van der Waals surface area contributed by atoms with E-state index in [4.69, 9.17) is 0 Å². The summed E-state index contributed by atoms with van der Waals surface area (Å²) in [6.07, 6.45) is 3.42. The first-order chi connectivity index (χ1) is 7.89. The van der Waals surface area contributed by atoms with E-state index in [1.807, 2.05) is 24.3 Å². The Labute approximate surface area is 99.8 Å². The second kappa shape index (κ2) is 3.89. The molecule has 0 saturated carbocycles. The Morgan fingerprint density at radius 2 is 1.94 bits per heavy atom. The minimum absolute atomic E-state index is 0.0992.